The van der Waals surface area contributed by atoms with Crippen LogP contribution < -0.4 is 19.5 Å². The van der Waals surface area contributed by atoms with Gasteiger partial charge in [-0.1, -0.05) is 19.9 Å². The predicted octanol–water partition coefficient (Wildman–Crippen LogP) is 3.47. The predicted molar refractivity (Wildman–Crippen MR) is 99.5 cm³/mol. The van der Waals surface area contributed by atoms with Crippen molar-refractivity contribution in [3.8, 4) is 23.0 Å². The maximum absolute atomic E-state index is 12.6. The summed E-state index contributed by atoms with van der Waals surface area (Å²) in [7, 11) is 4.63. The zero-order chi connectivity index (χ0) is 19.3. The largest absolute Gasteiger partial charge is 0.507 e. The Balaban J connectivity index is 2.26. The van der Waals surface area contributed by atoms with E-state index in [1.165, 1.54) is 14.2 Å². The molecule has 2 N–H and O–H groups in total. The number of hydrogen-bond acceptors (Lipinski definition) is 5. The van der Waals surface area contributed by atoms with Crippen LogP contribution in [0.1, 0.15) is 41.3 Å². The van der Waals surface area contributed by atoms with E-state index in [0.29, 0.717) is 22.8 Å². The average molecular weight is 359 g/mol. The van der Waals surface area contributed by atoms with Crippen molar-refractivity contribution in [3.05, 3.63) is 47.0 Å². The first-order valence-electron chi connectivity index (χ1n) is 8.31. The van der Waals surface area contributed by atoms with Gasteiger partial charge >= 0.3 is 0 Å². The van der Waals surface area contributed by atoms with Crippen molar-refractivity contribution in [3.63, 3.8) is 0 Å². The number of nitrogens with one attached hydrogen (secondary N) is 1. The van der Waals surface area contributed by atoms with Gasteiger partial charge in [0.05, 0.1) is 39.0 Å². The molecule has 26 heavy (non-hydrogen) atoms. The van der Waals surface area contributed by atoms with Crippen LogP contribution in [0.25, 0.3) is 0 Å². The summed E-state index contributed by atoms with van der Waals surface area (Å²) in [5.41, 5.74) is 1.90. The standard InChI is InChI=1S/C20H25NO5/c1-12(2)13-6-7-17(22)15(8-13)20(23)21-11-16-18(25-4)9-14(24-3)10-19(16)26-5/h6-10,12,22H,11H2,1-5H3,(H,21,23). The number of amides is 1. The zero-order valence-corrected chi connectivity index (χ0v) is 15.8. The van der Waals surface area contributed by atoms with Gasteiger partial charge in [-0.05, 0) is 23.6 Å². The van der Waals surface area contributed by atoms with Gasteiger partial charge < -0.3 is 24.6 Å². The molecule has 0 bridgehead atoms. The van der Waals surface area contributed by atoms with Crippen molar-refractivity contribution in [1.82, 2.24) is 5.32 Å². The summed E-state index contributed by atoms with van der Waals surface area (Å²) in [5.74, 6) is 1.51. The Labute approximate surface area is 153 Å². The SMILES string of the molecule is COc1cc(OC)c(CNC(=O)c2cc(C(C)C)ccc2O)c(OC)c1. The van der Waals surface area contributed by atoms with Gasteiger partial charge in [0, 0.05) is 12.1 Å². The van der Waals surface area contributed by atoms with Gasteiger partial charge in [-0.25, -0.2) is 0 Å². The molecule has 0 unspecified atom stereocenters. The van der Waals surface area contributed by atoms with E-state index >= 15 is 0 Å². The van der Waals surface area contributed by atoms with Crippen LogP contribution in [0.3, 0.4) is 0 Å². The van der Waals surface area contributed by atoms with Gasteiger partial charge in [0.15, 0.2) is 0 Å². The fourth-order valence-corrected chi connectivity index (χ4v) is 2.61. The topological polar surface area (TPSA) is 77.0 Å². The molecule has 0 aliphatic rings. The number of carbonyl (C=O) groups excluding carboxylic acids is 1. The van der Waals surface area contributed by atoms with Gasteiger partial charge in [0.1, 0.15) is 23.0 Å². The summed E-state index contributed by atoms with van der Waals surface area (Å²) in [6, 6.07) is 8.50. The number of aromatic hydroxyl groups is 1. The Morgan fingerprint density at radius 2 is 1.65 bits per heavy atom. The number of rotatable bonds is 7. The lowest BCUT2D eigenvalue weighted by atomic mass is 10.00. The van der Waals surface area contributed by atoms with Crippen LogP contribution >= 0.6 is 0 Å². The van der Waals surface area contributed by atoms with Crippen molar-refractivity contribution in [1.29, 1.82) is 0 Å². The van der Waals surface area contributed by atoms with Gasteiger partial charge in [-0.15, -0.1) is 0 Å². The zero-order valence-electron chi connectivity index (χ0n) is 15.8. The Hall–Kier alpha value is -2.89. The van der Waals surface area contributed by atoms with E-state index in [4.69, 9.17) is 14.2 Å². The lowest BCUT2D eigenvalue weighted by molar-refractivity contribution is 0.0947. The van der Waals surface area contributed by atoms with Crippen LogP contribution in [0.15, 0.2) is 30.3 Å². The van der Waals surface area contributed by atoms with Crippen LogP contribution in [0.4, 0.5) is 0 Å². The number of methoxy groups -OCH3 is 3. The molecule has 2 aromatic rings. The molecule has 0 heterocycles. The molecule has 1 amide bonds. The fraction of sp³-hybridized carbons (Fsp3) is 0.350. The molecule has 0 aliphatic heterocycles. The molecule has 0 radical (unpaired) electrons. The summed E-state index contributed by atoms with van der Waals surface area (Å²) in [6.45, 7) is 4.24. The number of phenolic OH excluding ortho intramolecular Hbond substituents is 1. The van der Waals surface area contributed by atoms with E-state index in [9.17, 15) is 9.90 Å². The Kier molecular flexibility index (Phi) is 6.33. The first-order valence-corrected chi connectivity index (χ1v) is 8.31. The smallest absolute Gasteiger partial charge is 0.255 e. The lowest BCUT2D eigenvalue weighted by Crippen LogP contribution is -2.23. The summed E-state index contributed by atoms with van der Waals surface area (Å²) < 4.78 is 16.0. The maximum atomic E-state index is 12.6. The number of ether oxygens (including phenoxy) is 3. The summed E-state index contributed by atoms with van der Waals surface area (Å²) >= 11 is 0. The number of benzene rings is 2. The molecule has 2 aromatic carbocycles. The van der Waals surface area contributed by atoms with Crippen LogP contribution in [-0.2, 0) is 6.54 Å². The quantitative estimate of drug-likeness (QED) is 0.791. The second-order valence-electron chi connectivity index (χ2n) is 6.12. The minimum Gasteiger partial charge on any atom is -0.507 e. The normalized spacial score (nSPS) is 10.5. The van der Waals surface area contributed by atoms with Crippen LogP contribution in [-0.4, -0.2) is 32.3 Å². The first kappa shape index (κ1) is 19.4. The molecule has 6 nitrogen and oxygen atoms in total. The van der Waals surface area contributed by atoms with E-state index in [1.807, 2.05) is 19.9 Å². The third-order valence-corrected chi connectivity index (χ3v) is 4.17. The van der Waals surface area contributed by atoms with E-state index in [0.717, 1.165) is 5.56 Å². The second kappa shape index (κ2) is 8.47. The van der Waals surface area contributed by atoms with Crippen molar-refractivity contribution >= 4 is 5.91 Å². The van der Waals surface area contributed by atoms with Gasteiger partial charge in [0.2, 0.25) is 0 Å². The van der Waals surface area contributed by atoms with E-state index < -0.39 is 0 Å². The number of hydrogen-bond donors (Lipinski definition) is 2. The highest BCUT2D eigenvalue weighted by Gasteiger charge is 2.17. The maximum Gasteiger partial charge on any atom is 0.255 e. The third kappa shape index (κ3) is 4.20. The number of phenols is 1. The molecule has 0 saturated carbocycles. The highest BCUT2D eigenvalue weighted by Crippen LogP contribution is 2.34. The highest BCUT2D eigenvalue weighted by molar-refractivity contribution is 5.97. The molecule has 0 atom stereocenters. The molecule has 0 spiro atoms. The Morgan fingerprint density at radius 1 is 1.04 bits per heavy atom. The van der Waals surface area contributed by atoms with Crippen molar-refractivity contribution in [2.75, 3.05) is 21.3 Å². The Morgan fingerprint density at radius 3 is 2.15 bits per heavy atom. The summed E-state index contributed by atoms with van der Waals surface area (Å²) in [6.07, 6.45) is 0. The minimum absolute atomic E-state index is 0.0550. The minimum atomic E-state index is -0.370. The van der Waals surface area contributed by atoms with Crippen molar-refractivity contribution in [2.24, 2.45) is 0 Å². The van der Waals surface area contributed by atoms with Crippen LogP contribution in [0, 0.1) is 0 Å². The first-order chi connectivity index (χ1) is 12.4. The molecule has 2 rings (SSSR count). The summed E-state index contributed by atoms with van der Waals surface area (Å²) in [4.78, 5) is 12.6. The molecule has 6 heteroatoms. The third-order valence-electron chi connectivity index (χ3n) is 4.17. The van der Waals surface area contributed by atoms with Crippen molar-refractivity contribution < 1.29 is 24.1 Å². The fourth-order valence-electron chi connectivity index (χ4n) is 2.61. The molecule has 0 saturated heterocycles. The van der Waals surface area contributed by atoms with Crippen LogP contribution in [0.2, 0.25) is 0 Å². The average Bonchev–Trinajstić information content (AvgIpc) is 2.65. The molecule has 0 aliphatic carbocycles. The van der Waals surface area contributed by atoms with E-state index in [2.05, 4.69) is 5.32 Å². The highest BCUT2D eigenvalue weighted by atomic mass is 16.5. The Bertz CT molecular complexity index is 761. The van der Waals surface area contributed by atoms with E-state index in [1.54, 1.807) is 31.4 Å². The monoisotopic (exact) mass is 359 g/mol. The molecular formula is C20H25NO5. The van der Waals surface area contributed by atoms with Crippen molar-refractivity contribution in [2.45, 2.75) is 26.3 Å². The lowest BCUT2D eigenvalue weighted by Gasteiger charge is -2.16. The molecule has 140 valence electrons. The number of carbonyl (C=O) groups is 1. The van der Waals surface area contributed by atoms with E-state index in [-0.39, 0.29) is 29.7 Å². The van der Waals surface area contributed by atoms with Crippen LogP contribution in [0.5, 0.6) is 23.0 Å². The molecular weight excluding hydrogens is 334 g/mol. The van der Waals surface area contributed by atoms with Gasteiger partial charge in [-0.2, -0.15) is 0 Å². The molecule has 0 aromatic heterocycles. The van der Waals surface area contributed by atoms with Gasteiger partial charge in [-0.3, -0.25) is 4.79 Å². The van der Waals surface area contributed by atoms with Gasteiger partial charge in [0.25, 0.3) is 5.91 Å². The second-order valence-corrected chi connectivity index (χ2v) is 6.12. The molecule has 0 fully saturated rings. The summed E-state index contributed by atoms with van der Waals surface area (Å²) in [5, 5.41) is 12.8.